The number of carbonyl (C=O) groups excluding carboxylic acids is 1. The predicted molar refractivity (Wildman–Crippen MR) is 73.0 cm³/mol. The number of alkyl halides is 1. The zero-order valence-electron chi connectivity index (χ0n) is 10.2. The third kappa shape index (κ3) is 3.20. The largest absolute Gasteiger partial charge is 0.350 e. The Morgan fingerprint density at radius 2 is 2.17 bits per heavy atom. The van der Waals surface area contributed by atoms with E-state index in [1.807, 2.05) is 6.92 Å². The number of aryl methyl sites for hydroxylation is 1. The maximum absolute atomic E-state index is 13.0. The molecule has 1 radical (unpaired) electrons. The maximum Gasteiger partial charge on any atom is 0.235 e. The first-order valence-electron chi connectivity index (χ1n) is 5.29. The summed E-state index contributed by atoms with van der Waals surface area (Å²) in [4.78, 5) is 13.5. The van der Waals surface area contributed by atoms with Gasteiger partial charge in [0.05, 0.1) is 3.92 Å². The van der Waals surface area contributed by atoms with Crippen molar-refractivity contribution in [2.45, 2.75) is 17.3 Å². The molecule has 1 heterocycles. The van der Waals surface area contributed by atoms with Crippen LogP contribution in [0.3, 0.4) is 0 Å². The Morgan fingerprint density at radius 3 is 2.78 bits per heavy atom. The third-order valence-corrected chi connectivity index (χ3v) is 3.80. The van der Waals surface area contributed by atoms with Gasteiger partial charge in [-0.2, -0.15) is 0 Å². The van der Waals surface area contributed by atoms with Gasteiger partial charge >= 0.3 is 0 Å². The van der Waals surface area contributed by atoms with Crippen molar-refractivity contribution in [1.82, 2.24) is 4.90 Å². The number of benzene rings is 1. The van der Waals surface area contributed by atoms with Crippen molar-refractivity contribution in [3.63, 3.8) is 0 Å². The van der Waals surface area contributed by atoms with E-state index in [2.05, 4.69) is 28.7 Å². The summed E-state index contributed by atoms with van der Waals surface area (Å²) in [7, 11) is 1.73. The van der Waals surface area contributed by atoms with E-state index in [0.717, 1.165) is 16.8 Å². The Labute approximate surface area is 145 Å². The summed E-state index contributed by atoms with van der Waals surface area (Å²) in [6.45, 7) is 1.83. The molecule has 18 heavy (non-hydrogen) atoms. The summed E-state index contributed by atoms with van der Waals surface area (Å²) in [6, 6.07) is 4.58. The van der Waals surface area contributed by atoms with Crippen LogP contribution in [-0.2, 0) is 37.5 Å². The summed E-state index contributed by atoms with van der Waals surface area (Å²) in [5.41, 5.74) is 2.44. The molecule has 5 heteroatoms. The predicted octanol–water partition coefficient (Wildman–Crippen LogP) is 2.94. The number of halogens is 2. The van der Waals surface area contributed by atoms with Gasteiger partial charge in [-0.25, -0.2) is 10.5 Å². The van der Waals surface area contributed by atoms with Crippen LogP contribution in [0.15, 0.2) is 18.2 Å². The Balaban J connectivity index is 0.00000162. The molecule has 0 fully saturated rings. The Bertz CT molecular complexity index is 504. The minimum Gasteiger partial charge on any atom is -0.350 e. The van der Waals surface area contributed by atoms with Gasteiger partial charge in [0, 0.05) is 39.8 Å². The normalized spacial score (nSPS) is 19.3. The van der Waals surface area contributed by atoms with E-state index in [-0.39, 0.29) is 48.4 Å². The second kappa shape index (κ2) is 6.57. The van der Waals surface area contributed by atoms with Crippen molar-refractivity contribution in [3.05, 3.63) is 41.2 Å². The van der Waals surface area contributed by atoms with Crippen LogP contribution in [0.1, 0.15) is 17.5 Å². The van der Waals surface area contributed by atoms with Crippen LogP contribution in [0, 0.1) is 18.8 Å². The molecule has 1 unspecified atom stereocenters. The Kier molecular flexibility index (Phi) is 5.93. The van der Waals surface area contributed by atoms with Crippen molar-refractivity contribution < 1.29 is 41.9 Å². The average molecular weight is 433 g/mol. The molecule has 1 atom stereocenters. The third-order valence-electron chi connectivity index (χ3n) is 2.83. The van der Waals surface area contributed by atoms with Gasteiger partial charge in [0.2, 0.25) is 5.91 Å². The van der Waals surface area contributed by atoms with E-state index in [9.17, 15) is 9.18 Å². The van der Waals surface area contributed by atoms with Gasteiger partial charge in [0.15, 0.2) is 0 Å². The number of hydrogen-bond acceptors (Lipinski definition) is 1. The number of carbonyl (C=O) groups is 1. The molecule has 1 aromatic carbocycles. The van der Waals surface area contributed by atoms with E-state index >= 15 is 0 Å². The average Bonchev–Trinajstić information content (AvgIpc) is 2.28. The molecule has 0 saturated heterocycles. The molecule has 93 valence electrons. The first-order chi connectivity index (χ1) is 8.00. The molecule has 1 aliphatic heterocycles. The maximum atomic E-state index is 13.0. The quantitative estimate of drug-likeness (QED) is 0.379. The Morgan fingerprint density at radius 1 is 1.50 bits per heavy atom. The molecule has 0 spiro atoms. The van der Waals surface area contributed by atoms with Gasteiger partial charge in [0.25, 0.3) is 0 Å². The van der Waals surface area contributed by atoms with Crippen LogP contribution in [0.4, 0.5) is 4.39 Å². The van der Waals surface area contributed by atoms with Crippen molar-refractivity contribution in [3.8, 4) is 0 Å². The van der Waals surface area contributed by atoms with Gasteiger partial charge in [-0.05, 0) is 12.1 Å². The fourth-order valence-corrected chi connectivity index (χ4v) is 2.52. The molecule has 1 aliphatic rings. The van der Waals surface area contributed by atoms with Crippen molar-refractivity contribution >= 4 is 34.2 Å². The summed E-state index contributed by atoms with van der Waals surface area (Å²) >= 11 is 2.11. The monoisotopic (exact) mass is 433 g/mol. The van der Waals surface area contributed by atoms with E-state index in [0.29, 0.717) is 6.42 Å². The minimum absolute atomic E-state index is 0. The second-order valence-corrected chi connectivity index (χ2v) is 5.56. The molecule has 0 saturated carbocycles. The summed E-state index contributed by atoms with van der Waals surface area (Å²) in [5.74, 6) is -0.188. The van der Waals surface area contributed by atoms with Gasteiger partial charge in [0.1, 0.15) is 5.82 Å². The topological polar surface area (TPSA) is 20.3 Å². The number of rotatable bonds is 1. The number of allylic oxidation sites excluding steroid dienone is 1. The SMILES string of the molecule is Cc1cc(F)ccc1C1=[C-]CC(I)C(=O)N1C.[Y]. The molecular weight excluding hydrogens is 421 g/mol. The van der Waals surface area contributed by atoms with E-state index in [1.165, 1.54) is 12.1 Å². The fraction of sp³-hybridized carbons (Fsp3) is 0.308. The zero-order chi connectivity index (χ0) is 12.6. The molecule has 0 aliphatic carbocycles. The van der Waals surface area contributed by atoms with Crippen LogP contribution in [-0.4, -0.2) is 21.8 Å². The number of nitrogens with zero attached hydrogens (tertiary/aromatic N) is 1. The Hall–Kier alpha value is 0.194. The van der Waals surface area contributed by atoms with Gasteiger partial charge < -0.3 is 4.90 Å². The summed E-state index contributed by atoms with van der Waals surface area (Å²) in [6.07, 6.45) is 3.82. The minimum atomic E-state index is -0.261. The molecular formula is C13H12FINOY-. The molecule has 2 rings (SSSR count). The first kappa shape index (κ1) is 16.2. The van der Waals surface area contributed by atoms with Crippen molar-refractivity contribution in [2.24, 2.45) is 0 Å². The van der Waals surface area contributed by atoms with Crippen LogP contribution in [0.25, 0.3) is 5.70 Å². The van der Waals surface area contributed by atoms with Crippen molar-refractivity contribution in [1.29, 1.82) is 0 Å². The fourth-order valence-electron chi connectivity index (χ4n) is 1.88. The standard InChI is InChI=1S/C13H12FINO.Y/c1-8-7-9(14)3-4-10(8)12-6-5-11(15)13(17)16(12)2;/h3-4,7,11H,5H2,1-2H3;/q-1;. The van der Waals surface area contributed by atoms with Crippen LogP contribution in [0.5, 0.6) is 0 Å². The molecule has 2 nitrogen and oxygen atoms in total. The molecule has 1 aromatic rings. The van der Waals surface area contributed by atoms with E-state index in [1.54, 1.807) is 18.0 Å². The van der Waals surface area contributed by atoms with Gasteiger partial charge in [-0.3, -0.25) is 4.79 Å². The van der Waals surface area contributed by atoms with Crippen molar-refractivity contribution in [2.75, 3.05) is 7.05 Å². The second-order valence-electron chi connectivity index (χ2n) is 4.05. The van der Waals surface area contributed by atoms with Gasteiger partial charge in [-0.1, -0.05) is 35.9 Å². The molecule has 0 bridgehead atoms. The zero-order valence-corrected chi connectivity index (χ0v) is 15.2. The van der Waals surface area contributed by atoms with Gasteiger partial charge in [-0.15, -0.1) is 22.9 Å². The van der Waals surface area contributed by atoms with E-state index < -0.39 is 0 Å². The number of hydrogen-bond donors (Lipinski definition) is 0. The first-order valence-corrected chi connectivity index (χ1v) is 6.54. The van der Waals surface area contributed by atoms with Crippen LogP contribution >= 0.6 is 22.6 Å². The smallest absolute Gasteiger partial charge is 0.235 e. The molecule has 0 aromatic heterocycles. The summed E-state index contributed by atoms with van der Waals surface area (Å²) < 4.78 is 13.0. The van der Waals surface area contributed by atoms with E-state index in [4.69, 9.17) is 0 Å². The molecule has 1 amide bonds. The number of amides is 1. The summed E-state index contributed by atoms with van der Waals surface area (Å²) in [5, 5.41) is 0. The molecule has 0 N–H and O–H groups in total. The van der Waals surface area contributed by atoms with Crippen LogP contribution < -0.4 is 0 Å². The van der Waals surface area contributed by atoms with Crippen LogP contribution in [0.2, 0.25) is 0 Å².